The first-order valence-corrected chi connectivity index (χ1v) is 8.01. The molecule has 1 atom stereocenters. The summed E-state index contributed by atoms with van der Waals surface area (Å²) in [7, 11) is -3.42. The predicted molar refractivity (Wildman–Crippen MR) is 74.9 cm³/mol. The normalized spacial score (nSPS) is 21.2. The Morgan fingerprint density at radius 1 is 1.50 bits per heavy atom. The molecule has 0 bridgehead atoms. The summed E-state index contributed by atoms with van der Waals surface area (Å²) < 4.78 is 26.0. The Kier molecular flexibility index (Phi) is 4.56. The molecule has 0 aromatic carbocycles. The van der Waals surface area contributed by atoms with Crippen LogP contribution >= 0.6 is 0 Å². The molecule has 2 rings (SSSR count). The van der Waals surface area contributed by atoms with E-state index in [1.807, 2.05) is 0 Å². The minimum atomic E-state index is -3.42. The molecular formula is C12H18N4O3S. The quantitative estimate of drug-likeness (QED) is 0.348. The number of hydrogen-bond donors (Lipinski definition) is 2. The van der Waals surface area contributed by atoms with E-state index in [1.165, 1.54) is 4.31 Å². The average molecular weight is 298 g/mol. The minimum Gasteiger partial charge on any atom is -0.409 e. The second-order valence-corrected chi connectivity index (χ2v) is 6.76. The van der Waals surface area contributed by atoms with E-state index >= 15 is 0 Å². The van der Waals surface area contributed by atoms with E-state index in [1.54, 1.807) is 24.5 Å². The van der Waals surface area contributed by atoms with Crippen molar-refractivity contribution >= 4 is 15.9 Å². The fraction of sp³-hybridized carbons (Fsp3) is 0.500. The summed E-state index contributed by atoms with van der Waals surface area (Å²) in [5.74, 6) is -0.0401. The van der Waals surface area contributed by atoms with Crippen molar-refractivity contribution in [1.29, 1.82) is 0 Å². The molecular weight excluding hydrogens is 280 g/mol. The highest BCUT2D eigenvalue weighted by Crippen LogP contribution is 2.22. The Labute approximate surface area is 118 Å². The van der Waals surface area contributed by atoms with Gasteiger partial charge in [-0.15, -0.1) is 0 Å². The minimum absolute atomic E-state index is 0.00617. The van der Waals surface area contributed by atoms with Crippen molar-refractivity contribution in [1.82, 2.24) is 9.29 Å². The third kappa shape index (κ3) is 3.26. The fourth-order valence-electron chi connectivity index (χ4n) is 2.35. The highest BCUT2D eigenvalue weighted by Gasteiger charge is 2.36. The standard InChI is InChI=1S/C12H18N4O3S/c13-12(15-17)11-2-1-8-16(11)20(18,19)9-5-10-3-6-14-7-4-10/h3-4,6-7,11,17H,1-2,5,8-9H2,(H2,13,15). The Morgan fingerprint density at radius 3 is 2.85 bits per heavy atom. The summed E-state index contributed by atoms with van der Waals surface area (Å²) in [6.07, 6.45) is 5.00. The lowest BCUT2D eigenvalue weighted by molar-refractivity contribution is 0.311. The summed E-state index contributed by atoms with van der Waals surface area (Å²) in [6.45, 7) is 0.416. The molecule has 7 nitrogen and oxygen atoms in total. The highest BCUT2D eigenvalue weighted by atomic mass is 32.2. The number of nitrogens with two attached hydrogens (primary N) is 1. The smallest absolute Gasteiger partial charge is 0.215 e. The molecule has 1 aromatic heterocycles. The first-order valence-electron chi connectivity index (χ1n) is 6.40. The van der Waals surface area contributed by atoms with Gasteiger partial charge in [-0.25, -0.2) is 8.42 Å². The van der Waals surface area contributed by atoms with Crippen LogP contribution in [0, 0.1) is 0 Å². The number of sulfonamides is 1. The third-order valence-electron chi connectivity index (χ3n) is 3.42. The Balaban J connectivity index is 2.06. The lowest BCUT2D eigenvalue weighted by Crippen LogP contribution is -2.44. The molecule has 0 spiro atoms. The number of aryl methyl sites for hydroxylation is 1. The number of amidine groups is 1. The van der Waals surface area contributed by atoms with Gasteiger partial charge < -0.3 is 10.9 Å². The van der Waals surface area contributed by atoms with Crippen LogP contribution in [-0.4, -0.2) is 47.1 Å². The summed E-state index contributed by atoms with van der Waals surface area (Å²) >= 11 is 0. The molecule has 8 heteroatoms. The molecule has 1 aliphatic rings. The van der Waals surface area contributed by atoms with Gasteiger partial charge in [0.2, 0.25) is 10.0 Å². The molecule has 1 saturated heterocycles. The van der Waals surface area contributed by atoms with Gasteiger partial charge in [-0.1, -0.05) is 5.16 Å². The molecule has 110 valence electrons. The maximum Gasteiger partial charge on any atom is 0.215 e. The molecule has 0 amide bonds. The van der Waals surface area contributed by atoms with Crippen LogP contribution in [0.5, 0.6) is 0 Å². The maximum atomic E-state index is 12.4. The topological polar surface area (TPSA) is 109 Å². The first kappa shape index (κ1) is 14.7. The van der Waals surface area contributed by atoms with Gasteiger partial charge in [0.1, 0.15) is 0 Å². The summed E-state index contributed by atoms with van der Waals surface area (Å²) in [5, 5.41) is 11.7. The molecule has 1 aliphatic heterocycles. The lowest BCUT2D eigenvalue weighted by Gasteiger charge is -2.22. The summed E-state index contributed by atoms with van der Waals surface area (Å²) in [6, 6.07) is 3.06. The van der Waals surface area contributed by atoms with Crippen LogP contribution in [0.25, 0.3) is 0 Å². The SMILES string of the molecule is NC(=NO)C1CCCN1S(=O)(=O)CCc1ccncc1. The molecule has 0 aliphatic carbocycles. The molecule has 1 unspecified atom stereocenters. The number of nitrogens with zero attached hydrogens (tertiary/aromatic N) is 3. The molecule has 3 N–H and O–H groups in total. The van der Waals surface area contributed by atoms with Crippen LogP contribution in [-0.2, 0) is 16.4 Å². The van der Waals surface area contributed by atoms with Crippen molar-refractivity contribution in [3.63, 3.8) is 0 Å². The summed E-state index contributed by atoms with van der Waals surface area (Å²) in [4.78, 5) is 3.89. The Morgan fingerprint density at radius 2 is 2.20 bits per heavy atom. The first-order chi connectivity index (χ1) is 9.54. The van der Waals surface area contributed by atoms with Gasteiger partial charge in [0.15, 0.2) is 5.84 Å². The zero-order valence-corrected chi connectivity index (χ0v) is 11.8. The average Bonchev–Trinajstić information content (AvgIpc) is 2.96. The van der Waals surface area contributed by atoms with Crippen molar-refractivity contribution in [2.24, 2.45) is 10.9 Å². The number of oxime groups is 1. The van der Waals surface area contributed by atoms with E-state index in [9.17, 15) is 8.42 Å². The van der Waals surface area contributed by atoms with Gasteiger partial charge in [0.05, 0.1) is 11.8 Å². The van der Waals surface area contributed by atoms with Crippen LogP contribution in [0.15, 0.2) is 29.7 Å². The molecule has 2 heterocycles. The Bertz CT molecular complexity index is 574. The second-order valence-electron chi connectivity index (χ2n) is 4.72. The predicted octanol–water partition coefficient (Wildman–Crippen LogP) is 0.165. The molecule has 1 fully saturated rings. The van der Waals surface area contributed by atoms with Gasteiger partial charge in [0, 0.05) is 18.9 Å². The second kappa shape index (κ2) is 6.19. The van der Waals surface area contributed by atoms with Crippen LogP contribution in [0.3, 0.4) is 0 Å². The van der Waals surface area contributed by atoms with E-state index in [0.29, 0.717) is 19.4 Å². The lowest BCUT2D eigenvalue weighted by atomic mass is 10.2. The van der Waals surface area contributed by atoms with Gasteiger partial charge in [-0.2, -0.15) is 4.31 Å². The highest BCUT2D eigenvalue weighted by molar-refractivity contribution is 7.89. The number of hydrogen-bond acceptors (Lipinski definition) is 5. The van der Waals surface area contributed by atoms with Crippen LogP contribution in [0.2, 0.25) is 0 Å². The van der Waals surface area contributed by atoms with Crippen LogP contribution < -0.4 is 5.73 Å². The number of aromatic nitrogens is 1. The molecule has 0 saturated carbocycles. The van der Waals surface area contributed by atoms with E-state index in [2.05, 4.69) is 10.1 Å². The Hall–Kier alpha value is -1.67. The van der Waals surface area contributed by atoms with Gasteiger partial charge in [0.25, 0.3) is 0 Å². The van der Waals surface area contributed by atoms with Gasteiger partial charge in [-0.3, -0.25) is 4.98 Å². The van der Waals surface area contributed by atoms with Crippen molar-refractivity contribution in [3.05, 3.63) is 30.1 Å². The molecule has 1 aromatic rings. The van der Waals surface area contributed by atoms with Crippen molar-refractivity contribution in [2.45, 2.75) is 25.3 Å². The zero-order chi connectivity index (χ0) is 14.6. The molecule has 0 radical (unpaired) electrons. The molecule has 20 heavy (non-hydrogen) atoms. The van der Waals surface area contributed by atoms with E-state index in [4.69, 9.17) is 10.9 Å². The van der Waals surface area contributed by atoms with E-state index < -0.39 is 16.1 Å². The fourth-order valence-corrected chi connectivity index (χ4v) is 4.09. The van der Waals surface area contributed by atoms with Crippen molar-refractivity contribution in [3.8, 4) is 0 Å². The van der Waals surface area contributed by atoms with E-state index in [-0.39, 0.29) is 11.6 Å². The van der Waals surface area contributed by atoms with Crippen molar-refractivity contribution in [2.75, 3.05) is 12.3 Å². The van der Waals surface area contributed by atoms with Crippen LogP contribution in [0.1, 0.15) is 18.4 Å². The number of rotatable bonds is 5. The van der Waals surface area contributed by atoms with E-state index in [0.717, 1.165) is 12.0 Å². The zero-order valence-electron chi connectivity index (χ0n) is 11.0. The third-order valence-corrected chi connectivity index (χ3v) is 5.29. The maximum absolute atomic E-state index is 12.4. The monoisotopic (exact) mass is 298 g/mol. The van der Waals surface area contributed by atoms with Crippen LogP contribution in [0.4, 0.5) is 0 Å². The summed E-state index contributed by atoms with van der Waals surface area (Å²) in [5.41, 5.74) is 6.48. The van der Waals surface area contributed by atoms with Gasteiger partial charge in [-0.05, 0) is 37.0 Å². The number of pyridine rings is 1. The largest absolute Gasteiger partial charge is 0.409 e. The van der Waals surface area contributed by atoms with Gasteiger partial charge >= 0.3 is 0 Å². The van der Waals surface area contributed by atoms with Crippen molar-refractivity contribution < 1.29 is 13.6 Å².